The van der Waals surface area contributed by atoms with E-state index in [1.165, 1.54) is 15.4 Å². The van der Waals surface area contributed by atoms with Crippen LogP contribution in [-0.4, -0.2) is 61.5 Å². The lowest BCUT2D eigenvalue weighted by Gasteiger charge is -2.34. The molecule has 1 amide bonds. The topological polar surface area (TPSA) is 69.7 Å². The summed E-state index contributed by atoms with van der Waals surface area (Å²) in [5.41, 5.74) is 2.81. The van der Waals surface area contributed by atoms with Crippen molar-refractivity contribution in [3.63, 3.8) is 0 Å². The third kappa shape index (κ3) is 4.89. The van der Waals surface area contributed by atoms with Gasteiger partial charge in [0.25, 0.3) is 0 Å². The molecule has 1 saturated heterocycles. The van der Waals surface area contributed by atoms with Gasteiger partial charge in [-0.1, -0.05) is 24.3 Å². The van der Waals surface area contributed by atoms with Gasteiger partial charge in [-0.3, -0.25) is 9.69 Å². The monoisotopic (exact) mass is 393 g/mol. The first-order valence-electron chi connectivity index (χ1n) is 9.97. The van der Waals surface area contributed by atoms with E-state index < -0.39 is 10.0 Å². The number of sulfonamides is 1. The quantitative estimate of drug-likeness (QED) is 0.797. The molecule has 1 aromatic rings. The Kier molecular flexibility index (Phi) is 6.55. The Morgan fingerprint density at radius 2 is 1.85 bits per heavy atom. The second kappa shape index (κ2) is 8.71. The van der Waals surface area contributed by atoms with E-state index in [-0.39, 0.29) is 23.6 Å². The van der Waals surface area contributed by atoms with Gasteiger partial charge < -0.3 is 5.32 Å². The minimum Gasteiger partial charge on any atom is -0.354 e. The highest BCUT2D eigenvalue weighted by atomic mass is 32.2. The average molecular weight is 394 g/mol. The Labute approximate surface area is 163 Å². The zero-order chi connectivity index (χ0) is 19.4. The third-order valence-electron chi connectivity index (χ3n) is 5.94. The Bertz CT molecular complexity index is 757. The molecule has 0 aliphatic carbocycles. The van der Waals surface area contributed by atoms with Crippen molar-refractivity contribution >= 4 is 15.9 Å². The van der Waals surface area contributed by atoms with E-state index in [4.69, 9.17) is 0 Å². The summed E-state index contributed by atoms with van der Waals surface area (Å²) in [4.78, 5) is 14.9. The van der Waals surface area contributed by atoms with Gasteiger partial charge in [0.05, 0.1) is 5.75 Å². The van der Waals surface area contributed by atoms with Crippen molar-refractivity contribution in [2.75, 3.05) is 31.9 Å². The highest BCUT2D eigenvalue weighted by Gasteiger charge is 2.30. The van der Waals surface area contributed by atoms with Gasteiger partial charge in [0.2, 0.25) is 15.9 Å². The molecule has 1 N–H and O–H groups in total. The molecule has 0 saturated carbocycles. The molecule has 0 radical (unpaired) electrons. The fourth-order valence-corrected chi connectivity index (χ4v) is 5.13. The SMILES string of the molecule is CCS(=O)(=O)N1CCC(C(=O)NCC(C)N2CCc3ccccc3C2)CC1. The molecule has 0 spiro atoms. The molecule has 1 aromatic carbocycles. The van der Waals surface area contributed by atoms with E-state index in [2.05, 4.69) is 41.4 Å². The molecule has 150 valence electrons. The molecule has 0 aromatic heterocycles. The largest absolute Gasteiger partial charge is 0.354 e. The van der Waals surface area contributed by atoms with Crippen molar-refractivity contribution in [3.8, 4) is 0 Å². The fourth-order valence-electron chi connectivity index (χ4n) is 3.99. The average Bonchev–Trinajstić information content (AvgIpc) is 2.71. The lowest BCUT2D eigenvalue weighted by molar-refractivity contribution is -0.126. The molecule has 6 nitrogen and oxygen atoms in total. The maximum atomic E-state index is 12.5. The third-order valence-corrected chi connectivity index (χ3v) is 7.82. The van der Waals surface area contributed by atoms with Gasteiger partial charge >= 0.3 is 0 Å². The predicted octanol–water partition coefficient (Wildman–Crippen LogP) is 1.61. The lowest BCUT2D eigenvalue weighted by atomic mass is 9.97. The van der Waals surface area contributed by atoms with Crippen molar-refractivity contribution in [1.82, 2.24) is 14.5 Å². The first kappa shape index (κ1) is 20.3. The van der Waals surface area contributed by atoms with Crippen LogP contribution < -0.4 is 5.32 Å². The van der Waals surface area contributed by atoms with Crippen molar-refractivity contribution < 1.29 is 13.2 Å². The van der Waals surface area contributed by atoms with Crippen LogP contribution in [0, 0.1) is 5.92 Å². The van der Waals surface area contributed by atoms with Gasteiger partial charge in [-0.05, 0) is 44.2 Å². The maximum absolute atomic E-state index is 12.5. The first-order chi connectivity index (χ1) is 12.9. The van der Waals surface area contributed by atoms with Gasteiger partial charge in [0.15, 0.2) is 0 Å². The van der Waals surface area contributed by atoms with Gasteiger partial charge in [0.1, 0.15) is 0 Å². The van der Waals surface area contributed by atoms with Crippen LogP contribution in [0.15, 0.2) is 24.3 Å². The number of amides is 1. The smallest absolute Gasteiger partial charge is 0.223 e. The summed E-state index contributed by atoms with van der Waals surface area (Å²) < 4.78 is 25.4. The minimum atomic E-state index is -3.14. The van der Waals surface area contributed by atoms with Crippen molar-refractivity contribution in [2.24, 2.45) is 5.92 Å². The Hall–Kier alpha value is -1.44. The van der Waals surface area contributed by atoms with Crippen LogP contribution in [0.1, 0.15) is 37.8 Å². The standard InChI is InChI=1S/C20H31N3O3S/c1-3-27(25,26)23-12-9-18(10-13-23)20(24)21-14-16(2)22-11-8-17-6-4-5-7-19(17)15-22/h4-7,16,18H,3,8-15H2,1-2H3,(H,21,24). The number of hydrogen-bond donors (Lipinski definition) is 1. The van der Waals surface area contributed by atoms with E-state index >= 15 is 0 Å². The van der Waals surface area contributed by atoms with Gasteiger partial charge in [-0.2, -0.15) is 0 Å². The number of fused-ring (bicyclic) bond motifs is 1. The summed E-state index contributed by atoms with van der Waals surface area (Å²) in [6.07, 6.45) is 2.27. The summed E-state index contributed by atoms with van der Waals surface area (Å²) >= 11 is 0. The Morgan fingerprint density at radius 3 is 2.52 bits per heavy atom. The molecule has 27 heavy (non-hydrogen) atoms. The molecule has 2 aliphatic rings. The summed E-state index contributed by atoms with van der Waals surface area (Å²) in [6, 6.07) is 8.84. The first-order valence-corrected chi connectivity index (χ1v) is 11.6. The lowest BCUT2D eigenvalue weighted by Crippen LogP contribution is -2.47. The molecule has 3 rings (SSSR count). The zero-order valence-corrected chi connectivity index (χ0v) is 17.2. The highest BCUT2D eigenvalue weighted by molar-refractivity contribution is 7.89. The number of rotatable bonds is 6. The van der Waals surface area contributed by atoms with Crippen LogP contribution in [-0.2, 0) is 27.8 Å². The fraction of sp³-hybridized carbons (Fsp3) is 0.650. The molecule has 2 heterocycles. The van der Waals surface area contributed by atoms with Gasteiger partial charge in [0, 0.05) is 44.7 Å². The molecular formula is C20H31N3O3S. The van der Waals surface area contributed by atoms with E-state index in [1.807, 2.05) is 0 Å². The predicted molar refractivity (Wildman–Crippen MR) is 107 cm³/mol. The van der Waals surface area contributed by atoms with Gasteiger partial charge in [-0.15, -0.1) is 0 Å². The Balaban J connectivity index is 1.45. The van der Waals surface area contributed by atoms with E-state index in [0.717, 1.165) is 19.5 Å². The van der Waals surface area contributed by atoms with Crippen molar-refractivity contribution in [1.29, 1.82) is 0 Å². The number of nitrogens with zero attached hydrogens (tertiary/aromatic N) is 2. The number of piperidine rings is 1. The molecule has 1 atom stereocenters. The number of benzene rings is 1. The van der Waals surface area contributed by atoms with Crippen LogP contribution in [0.3, 0.4) is 0 Å². The van der Waals surface area contributed by atoms with Crippen LogP contribution in [0.2, 0.25) is 0 Å². The summed E-state index contributed by atoms with van der Waals surface area (Å²) in [5.74, 6) is 0.107. The molecule has 2 aliphatic heterocycles. The number of carbonyl (C=O) groups is 1. The minimum absolute atomic E-state index is 0.0628. The molecular weight excluding hydrogens is 362 g/mol. The zero-order valence-electron chi connectivity index (χ0n) is 16.4. The van der Waals surface area contributed by atoms with E-state index in [1.54, 1.807) is 6.92 Å². The Morgan fingerprint density at radius 1 is 1.19 bits per heavy atom. The number of hydrogen-bond acceptors (Lipinski definition) is 4. The van der Waals surface area contributed by atoms with Crippen LogP contribution in [0.25, 0.3) is 0 Å². The summed E-state index contributed by atoms with van der Waals surface area (Å²) in [7, 11) is -3.14. The maximum Gasteiger partial charge on any atom is 0.223 e. The van der Waals surface area contributed by atoms with E-state index in [0.29, 0.717) is 32.5 Å². The molecule has 0 bridgehead atoms. The summed E-state index contributed by atoms with van der Waals surface area (Å²) in [6.45, 7) is 7.30. The number of carbonyl (C=O) groups excluding carboxylic acids is 1. The van der Waals surface area contributed by atoms with Gasteiger partial charge in [-0.25, -0.2) is 12.7 Å². The highest BCUT2D eigenvalue weighted by Crippen LogP contribution is 2.21. The van der Waals surface area contributed by atoms with Crippen LogP contribution in [0.4, 0.5) is 0 Å². The summed E-state index contributed by atoms with van der Waals surface area (Å²) in [5, 5.41) is 3.09. The second-order valence-electron chi connectivity index (χ2n) is 7.66. The van der Waals surface area contributed by atoms with Crippen LogP contribution >= 0.6 is 0 Å². The normalized spacial score (nSPS) is 20.8. The van der Waals surface area contributed by atoms with E-state index in [9.17, 15) is 13.2 Å². The van der Waals surface area contributed by atoms with Crippen molar-refractivity contribution in [2.45, 2.75) is 45.7 Å². The molecule has 7 heteroatoms. The number of nitrogens with one attached hydrogen (secondary N) is 1. The molecule has 1 unspecified atom stereocenters. The molecule has 1 fully saturated rings. The van der Waals surface area contributed by atoms with Crippen LogP contribution in [0.5, 0.6) is 0 Å². The van der Waals surface area contributed by atoms with Crippen molar-refractivity contribution in [3.05, 3.63) is 35.4 Å². The second-order valence-corrected chi connectivity index (χ2v) is 9.91.